The van der Waals surface area contributed by atoms with Crippen LogP contribution in [0.25, 0.3) is 0 Å². The van der Waals surface area contributed by atoms with Gasteiger partial charge in [-0.15, -0.1) is 0 Å². The molecule has 2 aromatic carbocycles. The van der Waals surface area contributed by atoms with Gasteiger partial charge in [0.1, 0.15) is 11.6 Å². The van der Waals surface area contributed by atoms with Crippen LogP contribution in [0.2, 0.25) is 0 Å². The van der Waals surface area contributed by atoms with E-state index in [2.05, 4.69) is 5.32 Å². The number of allylic oxidation sites excluding steroid dienone is 2. The van der Waals surface area contributed by atoms with Gasteiger partial charge in [0.2, 0.25) is 5.91 Å². The lowest BCUT2D eigenvalue weighted by Gasteiger charge is -2.34. The van der Waals surface area contributed by atoms with E-state index < -0.39 is 0 Å². The second kappa shape index (κ2) is 6.99. The number of methoxy groups -OCH3 is 1. The maximum Gasteiger partial charge on any atom is 0.225 e. The standard InChI is InChI=1S/C22H20FNO3/c1-27-20-5-3-2-4-16(20)17-12-21(26)24-18-10-14(11-19(25)22(17)18)13-6-8-15(23)9-7-13/h2-9,14,17H,10-12H2,1H3,(H,24,26)/t14-,17+/m0/s1. The molecule has 4 nitrogen and oxygen atoms in total. The number of hydrogen-bond donors (Lipinski definition) is 1. The predicted octanol–water partition coefficient (Wildman–Crippen LogP) is 3.84. The Bertz CT molecular complexity index is 933. The zero-order valence-electron chi connectivity index (χ0n) is 15.0. The number of carbonyl (C=O) groups excluding carboxylic acids is 2. The van der Waals surface area contributed by atoms with Crippen molar-refractivity contribution in [3.05, 3.63) is 76.7 Å². The molecule has 0 aromatic heterocycles. The highest BCUT2D eigenvalue weighted by Crippen LogP contribution is 2.44. The third kappa shape index (κ3) is 3.25. The average molecular weight is 365 g/mol. The summed E-state index contributed by atoms with van der Waals surface area (Å²) in [4.78, 5) is 25.4. The lowest BCUT2D eigenvalue weighted by Crippen LogP contribution is -2.38. The summed E-state index contributed by atoms with van der Waals surface area (Å²) in [6, 6.07) is 13.7. The van der Waals surface area contributed by atoms with Gasteiger partial charge in [0.15, 0.2) is 5.78 Å². The number of amides is 1. The Balaban J connectivity index is 1.73. The zero-order chi connectivity index (χ0) is 19.0. The molecule has 0 spiro atoms. The van der Waals surface area contributed by atoms with Crippen molar-refractivity contribution < 1.29 is 18.7 Å². The number of rotatable bonds is 3. The molecule has 27 heavy (non-hydrogen) atoms. The first-order valence-corrected chi connectivity index (χ1v) is 9.01. The summed E-state index contributed by atoms with van der Waals surface area (Å²) < 4.78 is 18.7. The number of carbonyl (C=O) groups is 2. The van der Waals surface area contributed by atoms with Crippen molar-refractivity contribution in [2.75, 3.05) is 7.11 Å². The fraction of sp³-hybridized carbons (Fsp3) is 0.273. The molecule has 5 heteroatoms. The smallest absolute Gasteiger partial charge is 0.225 e. The normalized spacial score (nSPS) is 22.3. The van der Waals surface area contributed by atoms with Gasteiger partial charge in [0, 0.05) is 35.6 Å². The Morgan fingerprint density at radius 3 is 2.48 bits per heavy atom. The van der Waals surface area contributed by atoms with E-state index in [1.807, 2.05) is 24.3 Å². The lowest BCUT2D eigenvalue weighted by atomic mass is 9.73. The monoisotopic (exact) mass is 365 g/mol. The highest BCUT2D eigenvalue weighted by Gasteiger charge is 2.39. The van der Waals surface area contributed by atoms with E-state index in [0.717, 1.165) is 11.1 Å². The van der Waals surface area contributed by atoms with Crippen LogP contribution in [0.5, 0.6) is 5.75 Å². The fourth-order valence-electron chi connectivity index (χ4n) is 4.15. The van der Waals surface area contributed by atoms with E-state index in [0.29, 0.717) is 29.9 Å². The summed E-state index contributed by atoms with van der Waals surface area (Å²) in [6.07, 6.45) is 1.14. The Morgan fingerprint density at radius 2 is 1.74 bits per heavy atom. The van der Waals surface area contributed by atoms with E-state index in [9.17, 15) is 14.0 Å². The summed E-state index contributed by atoms with van der Waals surface area (Å²) in [5.41, 5.74) is 3.13. The molecular weight excluding hydrogens is 345 g/mol. The van der Waals surface area contributed by atoms with Crippen molar-refractivity contribution >= 4 is 11.7 Å². The highest BCUT2D eigenvalue weighted by atomic mass is 19.1. The van der Waals surface area contributed by atoms with Crippen molar-refractivity contribution in [1.82, 2.24) is 5.32 Å². The Hall–Kier alpha value is -2.95. The summed E-state index contributed by atoms with van der Waals surface area (Å²) >= 11 is 0. The van der Waals surface area contributed by atoms with Gasteiger partial charge in [-0.1, -0.05) is 30.3 Å². The van der Waals surface area contributed by atoms with Gasteiger partial charge >= 0.3 is 0 Å². The third-order valence-corrected chi connectivity index (χ3v) is 5.39. The first-order valence-electron chi connectivity index (χ1n) is 9.01. The van der Waals surface area contributed by atoms with Crippen LogP contribution >= 0.6 is 0 Å². The molecule has 0 unspecified atom stereocenters. The molecule has 4 rings (SSSR count). The number of benzene rings is 2. The Labute approximate surface area is 157 Å². The van der Waals surface area contributed by atoms with Crippen LogP contribution in [0.15, 0.2) is 59.8 Å². The van der Waals surface area contributed by atoms with Gasteiger partial charge in [-0.2, -0.15) is 0 Å². The van der Waals surface area contributed by atoms with Gasteiger partial charge in [0.25, 0.3) is 0 Å². The molecule has 1 N–H and O–H groups in total. The third-order valence-electron chi connectivity index (χ3n) is 5.39. The second-order valence-corrected chi connectivity index (χ2v) is 7.02. The zero-order valence-corrected chi connectivity index (χ0v) is 15.0. The first kappa shape index (κ1) is 17.5. The maximum atomic E-state index is 13.2. The average Bonchev–Trinajstić information content (AvgIpc) is 2.67. The number of para-hydroxylation sites is 1. The summed E-state index contributed by atoms with van der Waals surface area (Å²) in [7, 11) is 1.59. The molecule has 2 atom stereocenters. The van der Waals surface area contributed by atoms with Gasteiger partial charge in [-0.25, -0.2) is 4.39 Å². The molecular formula is C22H20FNO3. The lowest BCUT2D eigenvalue weighted by molar-refractivity contribution is -0.122. The van der Waals surface area contributed by atoms with Crippen molar-refractivity contribution in [1.29, 1.82) is 0 Å². The highest BCUT2D eigenvalue weighted by molar-refractivity contribution is 6.02. The molecule has 1 aliphatic heterocycles. The molecule has 0 bridgehead atoms. The Morgan fingerprint density at radius 1 is 1.00 bits per heavy atom. The number of nitrogens with one attached hydrogen (secondary N) is 1. The van der Waals surface area contributed by atoms with E-state index >= 15 is 0 Å². The van der Waals surface area contributed by atoms with Gasteiger partial charge < -0.3 is 10.1 Å². The van der Waals surface area contributed by atoms with Crippen LogP contribution in [-0.2, 0) is 9.59 Å². The first-order chi connectivity index (χ1) is 13.1. The van der Waals surface area contributed by atoms with Crippen LogP contribution in [0.1, 0.15) is 42.2 Å². The van der Waals surface area contributed by atoms with E-state index in [1.54, 1.807) is 19.2 Å². The quantitative estimate of drug-likeness (QED) is 0.899. The predicted molar refractivity (Wildman–Crippen MR) is 98.9 cm³/mol. The van der Waals surface area contributed by atoms with Crippen molar-refractivity contribution in [3.63, 3.8) is 0 Å². The number of Topliss-reactive ketones (excluding diaryl/α,β-unsaturated/α-hetero) is 1. The summed E-state index contributed by atoms with van der Waals surface area (Å²) in [5, 5.41) is 2.90. The van der Waals surface area contributed by atoms with Crippen LogP contribution in [-0.4, -0.2) is 18.8 Å². The van der Waals surface area contributed by atoms with Crippen molar-refractivity contribution in [2.24, 2.45) is 0 Å². The minimum atomic E-state index is -0.303. The van der Waals surface area contributed by atoms with Crippen LogP contribution in [0.4, 0.5) is 4.39 Å². The van der Waals surface area contributed by atoms with Crippen LogP contribution in [0, 0.1) is 5.82 Å². The van der Waals surface area contributed by atoms with Crippen LogP contribution in [0.3, 0.4) is 0 Å². The molecule has 0 saturated carbocycles. The SMILES string of the molecule is COc1ccccc1[C@H]1CC(=O)NC2=C1C(=O)C[C@@H](c1ccc(F)cc1)C2. The number of ether oxygens (including phenoxy) is 1. The molecule has 2 aromatic rings. The summed E-state index contributed by atoms with van der Waals surface area (Å²) in [6.45, 7) is 0. The molecule has 0 fully saturated rings. The molecule has 0 saturated heterocycles. The molecule has 0 radical (unpaired) electrons. The van der Waals surface area contributed by atoms with Gasteiger partial charge in [0.05, 0.1) is 7.11 Å². The topological polar surface area (TPSA) is 55.4 Å². The minimum absolute atomic E-state index is 0.0291. The van der Waals surface area contributed by atoms with Crippen molar-refractivity contribution in [3.8, 4) is 5.75 Å². The maximum absolute atomic E-state index is 13.2. The molecule has 1 amide bonds. The number of hydrogen-bond acceptors (Lipinski definition) is 3. The molecule has 138 valence electrons. The van der Waals surface area contributed by atoms with Crippen LogP contribution < -0.4 is 10.1 Å². The van der Waals surface area contributed by atoms with Gasteiger partial charge in [-0.3, -0.25) is 9.59 Å². The Kier molecular flexibility index (Phi) is 4.52. The van der Waals surface area contributed by atoms with Crippen molar-refractivity contribution in [2.45, 2.75) is 31.1 Å². The molecule has 1 aliphatic carbocycles. The number of ketones is 1. The van der Waals surface area contributed by atoms with E-state index in [4.69, 9.17) is 4.74 Å². The van der Waals surface area contributed by atoms with E-state index in [-0.39, 0.29) is 35.8 Å². The van der Waals surface area contributed by atoms with E-state index in [1.165, 1.54) is 12.1 Å². The second-order valence-electron chi connectivity index (χ2n) is 7.02. The molecule has 2 aliphatic rings. The van der Waals surface area contributed by atoms with Gasteiger partial charge in [-0.05, 0) is 36.1 Å². The summed E-state index contributed by atoms with van der Waals surface area (Å²) in [5.74, 6) is -0.0562. The largest absolute Gasteiger partial charge is 0.496 e. The minimum Gasteiger partial charge on any atom is -0.496 e. The fourth-order valence-corrected chi connectivity index (χ4v) is 4.15. The number of halogens is 1. The molecule has 1 heterocycles.